The van der Waals surface area contributed by atoms with Gasteiger partial charge < -0.3 is 19.5 Å². The summed E-state index contributed by atoms with van der Waals surface area (Å²) in [7, 11) is 1.32. The molecule has 1 rings (SSSR count). The van der Waals surface area contributed by atoms with E-state index in [1.54, 1.807) is 4.90 Å². The summed E-state index contributed by atoms with van der Waals surface area (Å²) in [6.07, 6.45) is 1.60. The molecule has 0 atom stereocenters. The first kappa shape index (κ1) is 19.0. The molecule has 0 saturated carbocycles. The molecule has 0 aliphatic rings. The van der Waals surface area contributed by atoms with Crippen molar-refractivity contribution >= 4 is 11.9 Å². The maximum atomic E-state index is 12.2. The van der Waals surface area contributed by atoms with Crippen LogP contribution in [0.3, 0.4) is 0 Å². The van der Waals surface area contributed by atoms with Crippen molar-refractivity contribution in [3.8, 4) is 5.75 Å². The van der Waals surface area contributed by atoms with Gasteiger partial charge in [0.15, 0.2) is 0 Å². The largest absolute Gasteiger partial charge is 0.494 e. The lowest BCUT2D eigenvalue weighted by molar-refractivity contribution is -0.141. The summed E-state index contributed by atoms with van der Waals surface area (Å²) in [6.45, 7) is 1.22. The van der Waals surface area contributed by atoms with Gasteiger partial charge in [-0.25, -0.2) is 0 Å². The Labute approximate surface area is 137 Å². The molecule has 0 fully saturated rings. The first-order valence-corrected chi connectivity index (χ1v) is 7.80. The second-order valence-corrected chi connectivity index (χ2v) is 5.05. The van der Waals surface area contributed by atoms with Crippen LogP contribution in [0.15, 0.2) is 30.3 Å². The summed E-state index contributed by atoms with van der Waals surface area (Å²) in [4.78, 5) is 25.0. The number of hydrogen-bond acceptors (Lipinski definition) is 5. The van der Waals surface area contributed by atoms with Crippen molar-refractivity contribution in [2.75, 3.05) is 33.4 Å². The van der Waals surface area contributed by atoms with Gasteiger partial charge in [0.05, 0.1) is 20.1 Å². The van der Waals surface area contributed by atoms with Crippen molar-refractivity contribution in [1.82, 2.24) is 4.90 Å². The number of amides is 1. The van der Waals surface area contributed by atoms with Gasteiger partial charge in [0, 0.05) is 26.1 Å². The van der Waals surface area contributed by atoms with Gasteiger partial charge in [-0.3, -0.25) is 9.59 Å². The first-order chi connectivity index (χ1) is 11.2. The van der Waals surface area contributed by atoms with Crippen LogP contribution in [-0.2, 0) is 14.3 Å². The molecule has 0 radical (unpaired) electrons. The van der Waals surface area contributed by atoms with Gasteiger partial charge in [0.2, 0.25) is 5.91 Å². The van der Waals surface area contributed by atoms with E-state index >= 15 is 0 Å². The van der Waals surface area contributed by atoms with Crippen LogP contribution in [0.2, 0.25) is 0 Å². The summed E-state index contributed by atoms with van der Waals surface area (Å²) in [5.41, 5.74) is 0. The lowest BCUT2D eigenvalue weighted by atomic mass is 10.2. The number of para-hydroxylation sites is 1. The van der Waals surface area contributed by atoms with Crippen LogP contribution < -0.4 is 4.74 Å². The highest BCUT2D eigenvalue weighted by atomic mass is 16.5. The number of benzene rings is 1. The molecule has 128 valence electrons. The fraction of sp³-hybridized carbons (Fsp3) is 0.529. The van der Waals surface area contributed by atoms with Gasteiger partial charge >= 0.3 is 5.97 Å². The number of nitrogens with zero attached hydrogens (tertiary/aromatic N) is 1. The zero-order valence-corrected chi connectivity index (χ0v) is 13.6. The number of hydrogen-bond donors (Lipinski definition) is 1. The van der Waals surface area contributed by atoms with Crippen LogP contribution >= 0.6 is 0 Å². The third-order valence-electron chi connectivity index (χ3n) is 3.30. The maximum Gasteiger partial charge on any atom is 0.307 e. The van der Waals surface area contributed by atoms with E-state index in [0.717, 1.165) is 5.75 Å². The molecule has 0 aliphatic heterocycles. The van der Waals surface area contributed by atoms with Crippen molar-refractivity contribution in [3.05, 3.63) is 30.3 Å². The quantitative estimate of drug-likeness (QED) is 0.495. The Kier molecular flexibility index (Phi) is 9.47. The molecule has 6 heteroatoms. The Balaban J connectivity index is 2.32. The summed E-state index contributed by atoms with van der Waals surface area (Å²) in [5, 5.41) is 8.91. The number of ether oxygens (including phenoxy) is 2. The average molecular weight is 323 g/mol. The topological polar surface area (TPSA) is 76.1 Å². The number of rotatable bonds is 11. The Hall–Kier alpha value is -2.08. The molecule has 0 unspecified atom stereocenters. The van der Waals surface area contributed by atoms with Crippen LogP contribution in [0.1, 0.15) is 25.7 Å². The van der Waals surface area contributed by atoms with Crippen LogP contribution in [0.5, 0.6) is 5.75 Å². The molecule has 1 aromatic rings. The maximum absolute atomic E-state index is 12.2. The molecule has 23 heavy (non-hydrogen) atoms. The molecule has 6 nitrogen and oxygen atoms in total. The number of esters is 1. The molecule has 0 heterocycles. The average Bonchev–Trinajstić information content (AvgIpc) is 2.59. The zero-order chi connectivity index (χ0) is 16.9. The minimum Gasteiger partial charge on any atom is -0.494 e. The molecular formula is C17H25NO5. The van der Waals surface area contributed by atoms with Crippen molar-refractivity contribution in [3.63, 3.8) is 0 Å². The number of carbonyl (C=O) groups is 2. The summed E-state index contributed by atoms with van der Waals surface area (Å²) < 4.78 is 10.1. The third kappa shape index (κ3) is 8.21. The Bertz CT molecular complexity index is 463. The standard InChI is InChI=1S/C17H25NO5/c1-22-17(21)10-12-18(11-6-13-19)16(20)9-5-14-23-15-7-3-2-4-8-15/h2-4,7-8,19H,5-6,9-14H2,1H3. The van der Waals surface area contributed by atoms with E-state index in [4.69, 9.17) is 9.84 Å². The molecule has 0 saturated heterocycles. The minimum atomic E-state index is -0.348. The second kappa shape index (κ2) is 11.5. The van der Waals surface area contributed by atoms with Crippen LogP contribution in [0.4, 0.5) is 0 Å². The van der Waals surface area contributed by atoms with Crippen LogP contribution in [-0.4, -0.2) is 55.3 Å². The molecule has 1 aromatic carbocycles. The molecular weight excluding hydrogens is 298 g/mol. The van der Waals surface area contributed by atoms with Crippen LogP contribution in [0.25, 0.3) is 0 Å². The Morgan fingerprint density at radius 2 is 1.83 bits per heavy atom. The summed E-state index contributed by atoms with van der Waals surface area (Å²) >= 11 is 0. The SMILES string of the molecule is COC(=O)CCN(CCCO)C(=O)CCCOc1ccccc1. The van der Waals surface area contributed by atoms with E-state index in [9.17, 15) is 9.59 Å². The Morgan fingerprint density at radius 3 is 2.48 bits per heavy atom. The third-order valence-corrected chi connectivity index (χ3v) is 3.30. The molecule has 0 aliphatic carbocycles. The van der Waals surface area contributed by atoms with Crippen molar-refractivity contribution in [2.45, 2.75) is 25.7 Å². The van der Waals surface area contributed by atoms with Crippen molar-refractivity contribution in [1.29, 1.82) is 0 Å². The molecule has 1 N–H and O–H groups in total. The normalized spacial score (nSPS) is 10.2. The molecule has 1 amide bonds. The Morgan fingerprint density at radius 1 is 1.09 bits per heavy atom. The van der Waals surface area contributed by atoms with Crippen LogP contribution in [0, 0.1) is 0 Å². The minimum absolute atomic E-state index is 0.0130. The predicted octanol–water partition coefficient (Wildman–Crippen LogP) is 1.62. The monoisotopic (exact) mass is 323 g/mol. The highest BCUT2D eigenvalue weighted by Gasteiger charge is 2.14. The predicted molar refractivity (Wildman–Crippen MR) is 86.1 cm³/mol. The van der Waals surface area contributed by atoms with Gasteiger partial charge in [0.1, 0.15) is 5.75 Å². The lowest BCUT2D eigenvalue weighted by Crippen LogP contribution is -2.34. The zero-order valence-electron chi connectivity index (χ0n) is 13.6. The van der Waals surface area contributed by atoms with Gasteiger partial charge in [0.25, 0.3) is 0 Å². The van der Waals surface area contributed by atoms with E-state index in [-0.39, 0.29) is 24.9 Å². The number of aliphatic hydroxyl groups excluding tert-OH is 1. The van der Waals surface area contributed by atoms with E-state index in [0.29, 0.717) is 39.0 Å². The number of methoxy groups -OCH3 is 1. The second-order valence-electron chi connectivity index (χ2n) is 5.05. The van der Waals surface area contributed by atoms with Gasteiger partial charge in [-0.15, -0.1) is 0 Å². The fourth-order valence-electron chi connectivity index (χ4n) is 2.04. The fourth-order valence-corrected chi connectivity index (χ4v) is 2.04. The molecule has 0 bridgehead atoms. The number of aliphatic hydroxyl groups is 1. The van der Waals surface area contributed by atoms with Gasteiger partial charge in [-0.1, -0.05) is 18.2 Å². The highest BCUT2D eigenvalue weighted by Crippen LogP contribution is 2.09. The van der Waals surface area contributed by atoms with E-state index in [1.165, 1.54) is 7.11 Å². The lowest BCUT2D eigenvalue weighted by Gasteiger charge is -2.22. The van der Waals surface area contributed by atoms with Crippen molar-refractivity contribution < 1.29 is 24.2 Å². The van der Waals surface area contributed by atoms with Crippen molar-refractivity contribution in [2.24, 2.45) is 0 Å². The number of carbonyl (C=O) groups excluding carboxylic acids is 2. The van der Waals surface area contributed by atoms with E-state index in [2.05, 4.69) is 4.74 Å². The van der Waals surface area contributed by atoms with Gasteiger partial charge in [-0.05, 0) is 25.0 Å². The van der Waals surface area contributed by atoms with E-state index in [1.807, 2.05) is 30.3 Å². The molecule has 0 spiro atoms. The van der Waals surface area contributed by atoms with E-state index < -0.39 is 0 Å². The molecule has 0 aromatic heterocycles. The highest BCUT2D eigenvalue weighted by molar-refractivity contribution is 5.77. The summed E-state index contributed by atoms with van der Waals surface area (Å²) in [5.74, 6) is 0.390. The smallest absolute Gasteiger partial charge is 0.307 e. The first-order valence-electron chi connectivity index (χ1n) is 7.80. The van der Waals surface area contributed by atoms with Gasteiger partial charge in [-0.2, -0.15) is 0 Å². The summed E-state index contributed by atoms with van der Waals surface area (Å²) in [6, 6.07) is 9.43.